The van der Waals surface area contributed by atoms with Crippen molar-refractivity contribution < 1.29 is 9.59 Å². The number of pyridine rings is 1. The fraction of sp³-hybridized carbons (Fsp3) is 0.545. The van der Waals surface area contributed by atoms with Crippen LogP contribution in [0, 0.1) is 11.3 Å². The first-order valence-electron chi connectivity index (χ1n) is 10.3. The normalized spacial score (nSPS) is 15.3. The third-order valence-corrected chi connectivity index (χ3v) is 6.10. The Hall–Kier alpha value is -2.28. The number of aromatic nitrogens is 2. The van der Waals surface area contributed by atoms with Crippen LogP contribution < -0.4 is 5.32 Å². The van der Waals surface area contributed by atoms with Gasteiger partial charge in [0.15, 0.2) is 0 Å². The van der Waals surface area contributed by atoms with Gasteiger partial charge in [-0.25, -0.2) is 4.98 Å². The molecule has 0 radical (unpaired) electrons. The maximum atomic E-state index is 12.4. The summed E-state index contributed by atoms with van der Waals surface area (Å²) in [6.45, 7) is 7.82. The maximum Gasteiger partial charge on any atom is 0.227 e. The van der Waals surface area contributed by atoms with Gasteiger partial charge in [0.2, 0.25) is 11.8 Å². The van der Waals surface area contributed by atoms with Gasteiger partial charge in [0.1, 0.15) is 0 Å². The topological polar surface area (TPSA) is 75.2 Å². The van der Waals surface area contributed by atoms with Crippen LogP contribution in [0.4, 0.5) is 0 Å². The number of likely N-dealkylation sites (tertiary alicyclic amines) is 1. The van der Waals surface area contributed by atoms with E-state index in [4.69, 9.17) is 0 Å². The van der Waals surface area contributed by atoms with Gasteiger partial charge in [-0.3, -0.25) is 14.6 Å². The summed E-state index contributed by atoms with van der Waals surface area (Å²) in [5, 5.41) is 6.21. The van der Waals surface area contributed by atoms with Crippen LogP contribution in [0.3, 0.4) is 0 Å². The Kier molecular flexibility index (Phi) is 7.00. The highest BCUT2D eigenvalue weighted by molar-refractivity contribution is 7.09. The molecule has 0 aromatic carbocycles. The molecule has 1 aliphatic rings. The van der Waals surface area contributed by atoms with Gasteiger partial charge in [-0.2, -0.15) is 0 Å². The molecule has 0 aliphatic carbocycles. The Labute approximate surface area is 176 Å². The van der Waals surface area contributed by atoms with E-state index < -0.39 is 0 Å². The van der Waals surface area contributed by atoms with E-state index in [1.54, 1.807) is 23.7 Å². The average Bonchev–Trinajstić information content (AvgIpc) is 3.19. The van der Waals surface area contributed by atoms with Crippen molar-refractivity contribution in [2.24, 2.45) is 11.3 Å². The van der Waals surface area contributed by atoms with E-state index in [1.807, 2.05) is 37.8 Å². The van der Waals surface area contributed by atoms with Crippen LogP contribution in [-0.2, 0) is 16.0 Å². The minimum atomic E-state index is -0.359. The summed E-state index contributed by atoms with van der Waals surface area (Å²) in [5.41, 5.74) is 1.70. The van der Waals surface area contributed by atoms with Crippen LogP contribution >= 0.6 is 11.3 Å². The van der Waals surface area contributed by atoms with Crippen molar-refractivity contribution >= 4 is 23.2 Å². The summed E-state index contributed by atoms with van der Waals surface area (Å²) in [4.78, 5) is 35.4. The van der Waals surface area contributed by atoms with Gasteiger partial charge in [0, 0.05) is 60.7 Å². The first kappa shape index (κ1) is 21.4. The Morgan fingerprint density at radius 2 is 1.90 bits per heavy atom. The number of carbonyl (C=O) groups is 2. The lowest BCUT2D eigenvalue weighted by molar-refractivity contribution is -0.142. The second-order valence-electron chi connectivity index (χ2n) is 8.57. The quantitative estimate of drug-likeness (QED) is 0.734. The van der Waals surface area contributed by atoms with Gasteiger partial charge in [-0.1, -0.05) is 20.8 Å². The van der Waals surface area contributed by atoms with Crippen molar-refractivity contribution in [2.75, 3.05) is 19.6 Å². The Morgan fingerprint density at radius 3 is 2.55 bits per heavy atom. The average molecular weight is 415 g/mol. The fourth-order valence-electron chi connectivity index (χ4n) is 3.50. The summed E-state index contributed by atoms with van der Waals surface area (Å²) >= 11 is 1.65. The van der Waals surface area contributed by atoms with E-state index >= 15 is 0 Å². The van der Waals surface area contributed by atoms with Gasteiger partial charge in [0.25, 0.3) is 0 Å². The van der Waals surface area contributed by atoms with Crippen molar-refractivity contribution in [3.63, 3.8) is 0 Å². The number of thiazole rings is 1. The number of amides is 2. The first-order valence-corrected chi connectivity index (χ1v) is 11.1. The predicted octanol–water partition coefficient (Wildman–Crippen LogP) is 3.54. The van der Waals surface area contributed by atoms with Crippen molar-refractivity contribution in [1.82, 2.24) is 20.2 Å². The van der Waals surface area contributed by atoms with Gasteiger partial charge in [-0.15, -0.1) is 11.3 Å². The molecule has 7 heteroatoms. The molecule has 0 bridgehead atoms. The zero-order chi connectivity index (χ0) is 20.9. The van der Waals surface area contributed by atoms with Crippen LogP contribution in [0.1, 0.15) is 45.0 Å². The zero-order valence-corrected chi connectivity index (χ0v) is 18.3. The lowest BCUT2D eigenvalue weighted by Crippen LogP contribution is -2.46. The number of rotatable bonds is 6. The number of hydrogen-bond acceptors (Lipinski definition) is 5. The molecule has 3 rings (SSSR count). The van der Waals surface area contributed by atoms with Crippen LogP contribution in [0.2, 0.25) is 0 Å². The molecule has 0 saturated carbocycles. The van der Waals surface area contributed by atoms with Crippen LogP contribution in [0.15, 0.2) is 29.9 Å². The molecule has 6 nitrogen and oxygen atoms in total. The number of piperidine rings is 1. The second-order valence-corrected chi connectivity index (χ2v) is 9.52. The minimum Gasteiger partial charge on any atom is -0.356 e. The van der Waals surface area contributed by atoms with Gasteiger partial charge >= 0.3 is 0 Å². The Bertz CT molecular complexity index is 821. The predicted molar refractivity (Wildman–Crippen MR) is 115 cm³/mol. The van der Waals surface area contributed by atoms with E-state index in [0.29, 0.717) is 19.6 Å². The molecule has 2 aromatic rings. The largest absolute Gasteiger partial charge is 0.356 e. The van der Waals surface area contributed by atoms with E-state index in [-0.39, 0.29) is 23.1 Å². The van der Waals surface area contributed by atoms with E-state index in [1.165, 1.54) is 0 Å². The molecule has 3 heterocycles. The monoisotopic (exact) mass is 414 g/mol. The Balaban J connectivity index is 1.37. The van der Waals surface area contributed by atoms with Crippen LogP contribution in [0.5, 0.6) is 0 Å². The number of carbonyl (C=O) groups excluding carboxylic acids is 2. The summed E-state index contributed by atoms with van der Waals surface area (Å²) in [7, 11) is 0. The SMILES string of the molecule is CC(C)(C)C(=O)N1CCC(C(=O)NCCCc2nc(-c3ccncc3)cs2)CC1. The van der Waals surface area contributed by atoms with Crippen molar-refractivity contribution in [1.29, 1.82) is 0 Å². The second kappa shape index (κ2) is 9.48. The van der Waals surface area contributed by atoms with E-state index in [0.717, 1.165) is 41.9 Å². The third kappa shape index (κ3) is 5.85. The molecule has 1 N–H and O–H groups in total. The summed E-state index contributed by atoms with van der Waals surface area (Å²) in [5.74, 6) is 0.299. The van der Waals surface area contributed by atoms with Crippen molar-refractivity contribution in [3.8, 4) is 11.3 Å². The van der Waals surface area contributed by atoms with Gasteiger partial charge in [-0.05, 0) is 31.4 Å². The molecule has 0 spiro atoms. The minimum absolute atomic E-state index is 0.0113. The number of nitrogens with one attached hydrogen (secondary N) is 1. The van der Waals surface area contributed by atoms with E-state index in [9.17, 15) is 9.59 Å². The number of nitrogens with zero attached hydrogens (tertiary/aromatic N) is 3. The third-order valence-electron chi connectivity index (χ3n) is 5.19. The highest BCUT2D eigenvalue weighted by Crippen LogP contribution is 2.24. The van der Waals surface area contributed by atoms with Crippen molar-refractivity contribution in [2.45, 2.75) is 46.5 Å². The lowest BCUT2D eigenvalue weighted by atomic mass is 9.90. The molecule has 0 unspecified atom stereocenters. The molecule has 29 heavy (non-hydrogen) atoms. The maximum absolute atomic E-state index is 12.4. The van der Waals surface area contributed by atoms with Gasteiger partial charge < -0.3 is 10.2 Å². The summed E-state index contributed by atoms with van der Waals surface area (Å²) in [6.07, 6.45) is 6.76. The fourth-order valence-corrected chi connectivity index (χ4v) is 4.35. The number of aryl methyl sites for hydroxylation is 1. The summed E-state index contributed by atoms with van der Waals surface area (Å²) < 4.78 is 0. The molecule has 1 fully saturated rings. The highest BCUT2D eigenvalue weighted by atomic mass is 32.1. The molecule has 1 aliphatic heterocycles. The smallest absolute Gasteiger partial charge is 0.227 e. The molecular weight excluding hydrogens is 384 g/mol. The van der Waals surface area contributed by atoms with Gasteiger partial charge in [0.05, 0.1) is 10.7 Å². The molecule has 156 valence electrons. The Morgan fingerprint density at radius 1 is 1.21 bits per heavy atom. The molecular formula is C22H30N4O2S. The highest BCUT2D eigenvalue weighted by Gasteiger charge is 2.32. The molecule has 2 aromatic heterocycles. The van der Waals surface area contributed by atoms with Crippen molar-refractivity contribution in [3.05, 3.63) is 34.9 Å². The molecule has 1 saturated heterocycles. The van der Waals surface area contributed by atoms with E-state index in [2.05, 4.69) is 20.7 Å². The molecule has 2 amide bonds. The zero-order valence-electron chi connectivity index (χ0n) is 17.5. The standard InChI is InChI=1S/C22H30N4O2S/c1-22(2,3)21(28)26-13-8-17(9-14-26)20(27)24-10-4-5-19-25-18(15-29-19)16-6-11-23-12-7-16/h6-7,11-12,15,17H,4-5,8-10,13-14H2,1-3H3,(H,24,27). The summed E-state index contributed by atoms with van der Waals surface area (Å²) in [6, 6.07) is 3.92. The number of hydrogen-bond donors (Lipinski definition) is 1. The molecule has 0 atom stereocenters. The van der Waals surface area contributed by atoms with Crippen LogP contribution in [0.25, 0.3) is 11.3 Å². The lowest BCUT2D eigenvalue weighted by Gasteiger charge is -2.35. The first-order chi connectivity index (χ1) is 13.8. The van der Waals surface area contributed by atoms with Crippen LogP contribution in [-0.4, -0.2) is 46.3 Å².